The van der Waals surface area contributed by atoms with Crippen molar-refractivity contribution in [3.05, 3.63) is 10.4 Å². The number of nitrogen functional groups attached to an aromatic ring is 1. The number of anilines is 1. The number of nitrogens with two attached hydrogens (primary N) is 1. The van der Waals surface area contributed by atoms with Crippen LogP contribution >= 0.6 is 11.3 Å². The molecule has 1 aliphatic heterocycles. The number of rotatable bonds is 2. The van der Waals surface area contributed by atoms with Crippen LogP contribution in [0.2, 0.25) is 0 Å². The van der Waals surface area contributed by atoms with Crippen LogP contribution in [-0.2, 0) is 13.0 Å². The number of fused-ring (bicyclic) bond motifs is 5. The van der Waals surface area contributed by atoms with Gasteiger partial charge in [-0.15, -0.1) is 11.3 Å². The third-order valence-corrected chi connectivity index (χ3v) is 4.99. The maximum absolute atomic E-state index is 5.63. The first-order chi connectivity index (χ1) is 9.81. The van der Waals surface area contributed by atoms with Crippen molar-refractivity contribution in [2.75, 3.05) is 18.5 Å². The van der Waals surface area contributed by atoms with Gasteiger partial charge in [0.2, 0.25) is 0 Å². The predicted molar refractivity (Wildman–Crippen MR) is 76.4 cm³/mol. The van der Waals surface area contributed by atoms with Gasteiger partial charge in [-0.25, -0.2) is 5.84 Å². The Balaban J connectivity index is 2.04. The summed E-state index contributed by atoms with van der Waals surface area (Å²) in [5.41, 5.74) is 4.01. The van der Waals surface area contributed by atoms with E-state index in [0.29, 0.717) is 11.6 Å². The van der Waals surface area contributed by atoms with E-state index in [9.17, 15) is 0 Å². The van der Waals surface area contributed by atoms with Gasteiger partial charge in [-0.05, 0) is 29.0 Å². The standard InChI is InChI=1S/C11H14N8S/c1-2-18-4-3-6-7(5-18)20-10-8(6)9(14-12)13-11-15-16-17-19(10)11/h2-5,12H2,1H3,(H,13,14,15,17). The van der Waals surface area contributed by atoms with E-state index in [-0.39, 0.29) is 0 Å². The van der Waals surface area contributed by atoms with Gasteiger partial charge >= 0.3 is 0 Å². The molecule has 0 saturated carbocycles. The van der Waals surface area contributed by atoms with E-state index in [1.807, 2.05) is 0 Å². The summed E-state index contributed by atoms with van der Waals surface area (Å²) in [5.74, 6) is 6.75. The maximum Gasteiger partial charge on any atom is 0.276 e. The minimum atomic E-state index is 0.469. The van der Waals surface area contributed by atoms with Crippen LogP contribution < -0.4 is 11.3 Å². The number of hydrogen-bond donors (Lipinski definition) is 2. The van der Waals surface area contributed by atoms with E-state index in [1.54, 1.807) is 15.9 Å². The maximum atomic E-state index is 5.63. The number of thiophene rings is 1. The zero-order valence-corrected chi connectivity index (χ0v) is 11.8. The van der Waals surface area contributed by atoms with Gasteiger partial charge in [-0.3, -0.25) is 4.90 Å². The Bertz CT molecular complexity index is 791. The first-order valence-corrected chi connectivity index (χ1v) is 7.34. The molecular formula is C11H14N8S. The van der Waals surface area contributed by atoms with Gasteiger partial charge in [0.25, 0.3) is 5.78 Å². The fourth-order valence-electron chi connectivity index (χ4n) is 2.75. The molecule has 1 aliphatic rings. The molecule has 20 heavy (non-hydrogen) atoms. The largest absolute Gasteiger partial charge is 0.308 e. The molecule has 0 amide bonds. The first kappa shape index (κ1) is 11.9. The molecule has 3 aromatic heterocycles. The van der Waals surface area contributed by atoms with Crippen LogP contribution in [0.25, 0.3) is 16.0 Å². The highest BCUT2D eigenvalue weighted by molar-refractivity contribution is 7.19. The average molecular weight is 290 g/mol. The number of hydrazine groups is 1. The second kappa shape index (κ2) is 4.33. The zero-order valence-electron chi connectivity index (χ0n) is 11.0. The summed E-state index contributed by atoms with van der Waals surface area (Å²) < 4.78 is 1.69. The fraction of sp³-hybridized carbons (Fsp3) is 0.455. The van der Waals surface area contributed by atoms with Crippen molar-refractivity contribution in [1.82, 2.24) is 29.9 Å². The molecule has 0 radical (unpaired) electrons. The topological polar surface area (TPSA) is 97.3 Å². The molecule has 0 aliphatic carbocycles. The summed E-state index contributed by atoms with van der Waals surface area (Å²) in [6.07, 6.45) is 1.01. The number of aromatic nitrogens is 5. The summed E-state index contributed by atoms with van der Waals surface area (Å²) in [5, 5.41) is 12.7. The fourth-order valence-corrected chi connectivity index (χ4v) is 4.08. The van der Waals surface area contributed by atoms with Crippen LogP contribution in [0.15, 0.2) is 0 Å². The summed E-state index contributed by atoms with van der Waals surface area (Å²) in [7, 11) is 0. The molecular weight excluding hydrogens is 276 g/mol. The van der Waals surface area contributed by atoms with Gasteiger partial charge in [0, 0.05) is 18.0 Å². The third kappa shape index (κ3) is 1.54. The lowest BCUT2D eigenvalue weighted by Gasteiger charge is -2.25. The molecule has 0 fully saturated rings. The molecule has 4 heterocycles. The van der Waals surface area contributed by atoms with Crippen molar-refractivity contribution in [3.8, 4) is 0 Å². The summed E-state index contributed by atoms with van der Waals surface area (Å²) >= 11 is 1.73. The number of likely N-dealkylation sites (N-methyl/N-ethyl adjacent to an activating group) is 1. The lowest BCUT2D eigenvalue weighted by atomic mass is 10.1. The molecule has 0 bridgehead atoms. The monoisotopic (exact) mass is 290 g/mol. The predicted octanol–water partition coefficient (Wildman–Crippen LogP) is 0.398. The smallest absolute Gasteiger partial charge is 0.276 e. The number of nitrogens with zero attached hydrogens (tertiary/aromatic N) is 6. The molecule has 8 nitrogen and oxygen atoms in total. The number of nitrogens with one attached hydrogen (secondary N) is 1. The van der Waals surface area contributed by atoms with Crippen LogP contribution in [-0.4, -0.2) is 43.0 Å². The van der Waals surface area contributed by atoms with Crippen molar-refractivity contribution in [3.63, 3.8) is 0 Å². The molecule has 4 rings (SSSR count). The van der Waals surface area contributed by atoms with Crippen LogP contribution in [0.5, 0.6) is 0 Å². The van der Waals surface area contributed by atoms with Gasteiger partial charge in [-0.2, -0.15) is 9.50 Å². The Morgan fingerprint density at radius 2 is 2.35 bits per heavy atom. The molecule has 3 N–H and O–H groups in total. The van der Waals surface area contributed by atoms with Crippen LogP contribution in [0, 0.1) is 0 Å². The number of hydrogen-bond acceptors (Lipinski definition) is 8. The van der Waals surface area contributed by atoms with Gasteiger partial charge < -0.3 is 5.43 Å². The molecule has 0 atom stereocenters. The highest BCUT2D eigenvalue weighted by atomic mass is 32.1. The third-order valence-electron chi connectivity index (χ3n) is 3.80. The van der Waals surface area contributed by atoms with Crippen molar-refractivity contribution >= 4 is 33.1 Å². The minimum absolute atomic E-state index is 0.469. The highest BCUT2D eigenvalue weighted by Gasteiger charge is 2.24. The van der Waals surface area contributed by atoms with Crippen LogP contribution in [0.1, 0.15) is 17.4 Å². The first-order valence-electron chi connectivity index (χ1n) is 6.53. The Morgan fingerprint density at radius 3 is 3.15 bits per heavy atom. The molecule has 9 heteroatoms. The van der Waals surface area contributed by atoms with E-state index in [0.717, 1.165) is 36.3 Å². The summed E-state index contributed by atoms with van der Waals surface area (Å²) in [6, 6.07) is 0. The van der Waals surface area contributed by atoms with Crippen LogP contribution in [0.3, 0.4) is 0 Å². The van der Waals surface area contributed by atoms with Crippen molar-refractivity contribution < 1.29 is 0 Å². The van der Waals surface area contributed by atoms with E-state index in [2.05, 4.69) is 37.8 Å². The van der Waals surface area contributed by atoms with E-state index >= 15 is 0 Å². The van der Waals surface area contributed by atoms with Gasteiger partial charge in [0.1, 0.15) is 4.83 Å². The van der Waals surface area contributed by atoms with Gasteiger partial charge in [-0.1, -0.05) is 12.0 Å². The summed E-state index contributed by atoms with van der Waals surface area (Å²) in [4.78, 5) is 9.18. The van der Waals surface area contributed by atoms with Gasteiger partial charge in [0.15, 0.2) is 5.82 Å². The second-order valence-electron chi connectivity index (χ2n) is 4.80. The molecule has 0 spiro atoms. The highest BCUT2D eigenvalue weighted by Crippen LogP contribution is 2.38. The Labute approximate surface area is 118 Å². The molecule has 3 aromatic rings. The molecule has 104 valence electrons. The van der Waals surface area contributed by atoms with Gasteiger partial charge in [0.05, 0.1) is 5.39 Å². The molecule has 0 aromatic carbocycles. The van der Waals surface area contributed by atoms with Crippen molar-refractivity contribution in [1.29, 1.82) is 0 Å². The Morgan fingerprint density at radius 1 is 1.45 bits per heavy atom. The normalized spacial score (nSPS) is 15.9. The lowest BCUT2D eigenvalue weighted by Crippen LogP contribution is -2.29. The van der Waals surface area contributed by atoms with Crippen molar-refractivity contribution in [2.45, 2.75) is 19.9 Å². The second-order valence-corrected chi connectivity index (χ2v) is 5.88. The molecule has 0 unspecified atom stereocenters. The molecule has 0 saturated heterocycles. The Hall–Kier alpha value is -1.84. The summed E-state index contributed by atoms with van der Waals surface area (Å²) in [6.45, 7) is 5.28. The van der Waals surface area contributed by atoms with E-state index in [4.69, 9.17) is 5.84 Å². The Kier molecular flexibility index (Phi) is 2.59. The average Bonchev–Trinajstić information content (AvgIpc) is 3.08. The SMILES string of the molecule is CCN1CCc2c(sc3c2c(NN)nc2nnnn23)C1. The minimum Gasteiger partial charge on any atom is -0.308 e. The lowest BCUT2D eigenvalue weighted by molar-refractivity contribution is 0.272. The number of tetrazole rings is 1. The van der Waals surface area contributed by atoms with Crippen LogP contribution in [0.4, 0.5) is 5.82 Å². The quantitative estimate of drug-likeness (QED) is 0.520. The van der Waals surface area contributed by atoms with E-state index < -0.39 is 0 Å². The van der Waals surface area contributed by atoms with Crippen molar-refractivity contribution in [2.24, 2.45) is 5.84 Å². The van der Waals surface area contributed by atoms with E-state index in [1.165, 1.54) is 10.4 Å². The zero-order chi connectivity index (χ0) is 13.7.